The first-order valence-electron chi connectivity index (χ1n) is 9.59. The zero-order chi connectivity index (χ0) is 21.7. The molecule has 3 aromatic rings. The Kier molecular flexibility index (Phi) is 6.72. The Balaban J connectivity index is 1.78. The van der Waals surface area contributed by atoms with E-state index in [1.54, 1.807) is 6.07 Å². The Morgan fingerprint density at radius 3 is 2.57 bits per heavy atom. The lowest BCUT2D eigenvalue weighted by molar-refractivity contribution is -0.143. The standard InChI is InChI=1S/C23H22F2N2O3/c1-15(2)14-30-23(29)12-17-5-3-4-16(10-17)11-21-22(28)8-9-27(26-21)18-6-7-19(24)20(25)13-18/h3-10,13,15H,11-12,14H2,1-2H3. The third-order valence-electron chi connectivity index (χ3n) is 4.34. The molecule has 1 aromatic heterocycles. The molecule has 0 spiro atoms. The Morgan fingerprint density at radius 1 is 1.07 bits per heavy atom. The van der Waals surface area contributed by atoms with Crippen LogP contribution >= 0.6 is 0 Å². The van der Waals surface area contributed by atoms with Gasteiger partial charge < -0.3 is 4.74 Å². The molecule has 1 heterocycles. The van der Waals surface area contributed by atoms with Gasteiger partial charge in [0, 0.05) is 24.8 Å². The molecule has 0 unspecified atom stereocenters. The SMILES string of the molecule is CC(C)COC(=O)Cc1cccc(Cc2nn(-c3ccc(F)c(F)c3)ccc2=O)c1. The van der Waals surface area contributed by atoms with Crippen LogP contribution in [0.1, 0.15) is 30.7 Å². The zero-order valence-corrected chi connectivity index (χ0v) is 16.8. The number of hydrogen-bond donors (Lipinski definition) is 0. The van der Waals surface area contributed by atoms with Crippen LogP contribution in [0.25, 0.3) is 5.69 Å². The molecule has 2 aromatic carbocycles. The molecule has 7 heteroatoms. The normalized spacial score (nSPS) is 11.0. The van der Waals surface area contributed by atoms with Gasteiger partial charge in [0.15, 0.2) is 11.6 Å². The predicted molar refractivity (Wildman–Crippen MR) is 108 cm³/mol. The molecule has 0 amide bonds. The largest absolute Gasteiger partial charge is 0.465 e. The number of halogens is 2. The van der Waals surface area contributed by atoms with Crippen molar-refractivity contribution in [3.63, 3.8) is 0 Å². The van der Waals surface area contributed by atoms with Crippen LogP contribution in [0.15, 0.2) is 59.5 Å². The van der Waals surface area contributed by atoms with E-state index in [-0.39, 0.29) is 35.9 Å². The van der Waals surface area contributed by atoms with E-state index >= 15 is 0 Å². The average molecular weight is 412 g/mol. The molecule has 3 rings (SSSR count). The summed E-state index contributed by atoms with van der Waals surface area (Å²) >= 11 is 0. The summed E-state index contributed by atoms with van der Waals surface area (Å²) in [4.78, 5) is 24.2. The molecule has 0 radical (unpaired) electrons. The van der Waals surface area contributed by atoms with E-state index < -0.39 is 11.6 Å². The van der Waals surface area contributed by atoms with Crippen molar-refractivity contribution in [1.29, 1.82) is 0 Å². The molecule has 30 heavy (non-hydrogen) atoms. The number of rotatable bonds is 7. The van der Waals surface area contributed by atoms with Crippen LogP contribution in [0.5, 0.6) is 0 Å². The van der Waals surface area contributed by atoms with Crippen molar-refractivity contribution < 1.29 is 18.3 Å². The highest BCUT2D eigenvalue weighted by atomic mass is 19.2. The monoisotopic (exact) mass is 412 g/mol. The van der Waals surface area contributed by atoms with Gasteiger partial charge in [-0.25, -0.2) is 13.5 Å². The van der Waals surface area contributed by atoms with Gasteiger partial charge in [-0.15, -0.1) is 0 Å². The number of benzene rings is 2. The quantitative estimate of drug-likeness (QED) is 0.553. The Morgan fingerprint density at radius 2 is 1.83 bits per heavy atom. The van der Waals surface area contributed by atoms with E-state index in [0.717, 1.165) is 23.3 Å². The summed E-state index contributed by atoms with van der Waals surface area (Å²) in [5, 5.41) is 4.27. The lowest BCUT2D eigenvalue weighted by Crippen LogP contribution is -2.16. The van der Waals surface area contributed by atoms with Crippen LogP contribution in [-0.4, -0.2) is 22.4 Å². The molecule has 156 valence electrons. The van der Waals surface area contributed by atoms with Crippen molar-refractivity contribution in [3.05, 3.63) is 93.4 Å². The smallest absolute Gasteiger partial charge is 0.310 e. The van der Waals surface area contributed by atoms with Gasteiger partial charge in [0.2, 0.25) is 5.43 Å². The minimum atomic E-state index is -0.994. The molecule has 0 N–H and O–H groups in total. The molecule has 0 aliphatic carbocycles. The lowest BCUT2D eigenvalue weighted by Gasteiger charge is -2.09. The van der Waals surface area contributed by atoms with Gasteiger partial charge in [-0.2, -0.15) is 5.10 Å². The van der Waals surface area contributed by atoms with Crippen LogP contribution in [0.4, 0.5) is 8.78 Å². The number of hydrogen-bond acceptors (Lipinski definition) is 4. The number of carbonyl (C=O) groups is 1. The number of ether oxygens (including phenoxy) is 1. The van der Waals surface area contributed by atoms with Gasteiger partial charge >= 0.3 is 5.97 Å². The molecule has 0 saturated carbocycles. The summed E-state index contributed by atoms with van der Waals surface area (Å²) in [5.41, 5.74) is 1.86. The Labute approximate surface area is 172 Å². The van der Waals surface area contributed by atoms with Crippen molar-refractivity contribution in [1.82, 2.24) is 9.78 Å². The number of carbonyl (C=O) groups excluding carboxylic acids is 1. The van der Waals surface area contributed by atoms with Crippen molar-refractivity contribution >= 4 is 5.97 Å². The molecular formula is C23H22F2N2O3. The Hall–Kier alpha value is -3.35. The van der Waals surface area contributed by atoms with E-state index in [4.69, 9.17) is 4.74 Å². The summed E-state index contributed by atoms with van der Waals surface area (Å²) in [6.07, 6.45) is 1.78. The van der Waals surface area contributed by atoms with Crippen LogP contribution < -0.4 is 5.43 Å². The summed E-state index contributed by atoms with van der Waals surface area (Å²) in [7, 11) is 0. The second-order valence-corrected chi connectivity index (χ2v) is 7.42. The minimum absolute atomic E-state index is 0.141. The second-order valence-electron chi connectivity index (χ2n) is 7.42. The van der Waals surface area contributed by atoms with E-state index in [1.165, 1.54) is 23.0 Å². The fourth-order valence-electron chi connectivity index (χ4n) is 2.86. The molecule has 0 bridgehead atoms. The average Bonchev–Trinajstić information content (AvgIpc) is 2.70. The highest BCUT2D eigenvalue weighted by Gasteiger charge is 2.10. The van der Waals surface area contributed by atoms with Crippen molar-refractivity contribution in [2.75, 3.05) is 6.61 Å². The molecule has 0 aliphatic heterocycles. The molecule has 0 saturated heterocycles. The Bertz CT molecular complexity index is 1110. The molecule has 5 nitrogen and oxygen atoms in total. The first-order valence-corrected chi connectivity index (χ1v) is 9.59. The summed E-state index contributed by atoms with van der Waals surface area (Å²) < 4.78 is 33.2. The van der Waals surface area contributed by atoms with Crippen molar-refractivity contribution in [2.45, 2.75) is 26.7 Å². The maximum absolute atomic E-state index is 13.5. The summed E-state index contributed by atoms with van der Waals surface area (Å²) in [6, 6.07) is 12.0. The highest BCUT2D eigenvalue weighted by molar-refractivity contribution is 5.72. The molecular weight excluding hydrogens is 390 g/mol. The van der Waals surface area contributed by atoms with E-state index in [9.17, 15) is 18.4 Å². The van der Waals surface area contributed by atoms with Gasteiger partial charge in [0.05, 0.1) is 18.7 Å². The van der Waals surface area contributed by atoms with Crippen molar-refractivity contribution in [3.8, 4) is 5.69 Å². The summed E-state index contributed by atoms with van der Waals surface area (Å²) in [5.74, 6) is -1.99. The van der Waals surface area contributed by atoms with Gasteiger partial charge in [-0.05, 0) is 29.2 Å². The van der Waals surface area contributed by atoms with Gasteiger partial charge in [0.25, 0.3) is 0 Å². The zero-order valence-electron chi connectivity index (χ0n) is 16.8. The van der Waals surface area contributed by atoms with Gasteiger partial charge in [-0.3, -0.25) is 9.59 Å². The van der Waals surface area contributed by atoms with Crippen LogP contribution in [0.2, 0.25) is 0 Å². The first-order chi connectivity index (χ1) is 14.3. The highest BCUT2D eigenvalue weighted by Crippen LogP contribution is 2.13. The second kappa shape index (κ2) is 9.43. The third kappa shape index (κ3) is 5.59. The first kappa shape index (κ1) is 21.4. The lowest BCUT2D eigenvalue weighted by atomic mass is 10.0. The topological polar surface area (TPSA) is 61.2 Å². The van der Waals surface area contributed by atoms with Gasteiger partial charge in [0.1, 0.15) is 5.69 Å². The fourth-order valence-corrected chi connectivity index (χ4v) is 2.86. The van der Waals surface area contributed by atoms with Crippen LogP contribution in [0.3, 0.4) is 0 Å². The predicted octanol–water partition coefficient (Wildman–Crippen LogP) is 3.84. The molecule has 0 aliphatic rings. The number of esters is 1. The van der Waals surface area contributed by atoms with E-state index in [2.05, 4.69) is 5.10 Å². The molecule has 0 fully saturated rings. The minimum Gasteiger partial charge on any atom is -0.465 e. The maximum Gasteiger partial charge on any atom is 0.310 e. The van der Waals surface area contributed by atoms with E-state index in [0.29, 0.717) is 12.3 Å². The fraction of sp³-hybridized carbons (Fsp3) is 0.261. The van der Waals surface area contributed by atoms with Crippen LogP contribution in [0, 0.1) is 17.6 Å². The number of aromatic nitrogens is 2. The van der Waals surface area contributed by atoms with Crippen molar-refractivity contribution in [2.24, 2.45) is 5.92 Å². The third-order valence-corrected chi connectivity index (χ3v) is 4.34. The van der Waals surface area contributed by atoms with Crippen LogP contribution in [-0.2, 0) is 22.4 Å². The van der Waals surface area contributed by atoms with Gasteiger partial charge in [-0.1, -0.05) is 38.1 Å². The maximum atomic E-state index is 13.5. The van der Waals surface area contributed by atoms with E-state index in [1.807, 2.05) is 32.0 Å². The number of nitrogens with zero attached hydrogens (tertiary/aromatic N) is 2. The summed E-state index contributed by atoms with van der Waals surface area (Å²) in [6.45, 7) is 4.30. The molecule has 0 atom stereocenters.